The van der Waals surface area contributed by atoms with Crippen LogP contribution in [0.2, 0.25) is 0 Å². The number of nitrogens with zero attached hydrogens (tertiary/aromatic N) is 3. The topological polar surface area (TPSA) is 69.0 Å². The molecule has 0 saturated heterocycles. The molecule has 0 saturated carbocycles. The highest BCUT2D eigenvalue weighted by Crippen LogP contribution is 2.20. The lowest BCUT2D eigenvalue weighted by Gasteiger charge is -2.14. The number of rotatable bonds is 10. The summed E-state index contributed by atoms with van der Waals surface area (Å²) in [5, 5.41) is 12.2. The monoisotopic (exact) mass is 422 g/mol. The summed E-state index contributed by atoms with van der Waals surface area (Å²) in [6, 6.07) is 17.7. The van der Waals surface area contributed by atoms with Crippen molar-refractivity contribution in [3.8, 4) is 5.75 Å². The first-order valence-electron chi connectivity index (χ1n) is 9.76. The third-order valence-corrected chi connectivity index (χ3v) is 5.44. The van der Waals surface area contributed by atoms with Crippen LogP contribution in [0.1, 0.15) is 29.9 Å². The summed E-state index contributed by atoms with van der Waals surface area (Å²) in [5.41, 5.74) is 2.20. The number of hydrogen-bond donors (Lipinski definition) is 1. The maximum absolute atomic E-state index is 12.4. The molecule has 0 aliphatic carbocycles. The molecule has 0 spiro atoms. The van der Waals surface area contributed by atoms with E-state index in [1.165, 1.54) is 11.8 Å². The molecule has 6 nitrogen and oxygen atoms in total. The molecule has 0 bridgehead atoms. The Morgan fingerprint density at radius 1 is 1.23 bits per heavy atom. The van der Waals surface area contributed by atoms with Crippen LogP contribution in [-0.4, -0.2) is 26.4 Å². The Morgan fingerprint density at radius 2 is 2.03 bits per heavy atom. The third-order valence-electron chi connectivity index (χ3n) is 4.47. The van der Waals surface area contributed by atoms with Crippen molar-refractivity contribution < 1.29 is 9.53 Å². The standard InChI is InChI=1S/C23H26N4O2S/c1-4-13-27-21(15-29-20-12-8-9-17(2)14-20)25-26-23(27)30-16-22(28)24-18(3)19-10-6-5-7-11-19/h4-12,14,18H,1,13,15-16H2,2-3H3,(H,24,28)/t18-/m1/s1. The van der Waals surface area contributed by atoms with Crippen LogP contribution >= 0.6 is 11.8 Å². The summed E-state index contributed by atoms with van der Waals surface area (Å²) in [6.45, 7) is 8.64. The average molecular weight is 423 g/mol. The van der Waals surface area contributed by atoms with Gasteiger partial charge in [-0.05, 0) is 37.1 Å². The number of aryl methyl sites for hydroxylation is 1. The Kier molecular flexibility index (Phi) is 7.68. The number of benzene rings is 2. The van der Waals surface area contributed by atoms with E-state index < -0.39 is 0 Å². The number of carbonyl (C=O) groups is 1. The smallest absolute Gasteiger partial charge is 0.230 e. The first kappa shape index (κ1) is 21.6. The predicted molar refractivity (Wildman–Crippen MR) is 119 cm³/mol. The third kappa shape index (κ3) is 5.97. The van der Waals surface area contributed by atoms with E-state index in [1.54, 1.807) is 6.08 Å². The average Bonchev–Trinajstić information content (AvgIpc) is 3.13. The second-order valence-corrected chi connectivity index (χ2v) is 7.83. The number of hydrogen-bond acceptors (Lipinski definition) is 5. The van der Waals surface area contributed by atoms with Crippen molar-refractivity contribution >= 4 is 17.7 Å². The zero-order valence-corrected chi connectivity index (χ0v) is 18.1. The summed E-state index contributed by atoms with van der Waals surface area (Å²) >= 11 is 1.35. The SMILES string of the molecule is C=CCn1c(COc2cccc(C)c2)nnc1SCC(=O)N[C@H](C)c1ccccc1. The van der Waals surface area contributed by atoms with Gasteiger partial charge in [-0.1, -0.05) is 60.3 Å². The second-order valence-electron chi connectivity index (χ2n) is 6.89. The molecule has 0 aliphatic heterocycles. The zero-order valence-electron chi connectivity index (χ0n) is 17.2. The van der Waals surface area contributed by atoms with Crippen LogP contribution in [0.25, 0.3) is 0 Å². The minimum Gasteiger partial charge on any atom is -0.486 e. The summed E-state index contributed by atoms with van der Waals surface area (Å²) in [6.07, 6.45) is 1.78. The van der Waals surface area contributed by atoms with Gasteiger partial charge in [0.15, 0.2) is 11.0 Å². The Morgan fingerprint density at radius 3 is 2.77 bits per heavy atom. The van der Waals surface area contributed by atoms with Crippen molar-refractivity contribution in [2.24, 2.45) is 0 Å². The highest BCUT2D eigenvalue weighted by atomic mass is 32.2. The fraction of sp³-hybridized carbons (Fsp3) is 0.261. The van der Waals surface area contributed by atoms with E-state index in [1.807, 2.05) is 73.0 Å². The highest BCUT2D eigenvalue weighted by molar-refractivity contribution is 7.99. The molecule has 3 aromatic rings. The van der Waals surface area contributed by atoms with Gasteiger partial charge < -0.3 is 10.1 Å². The molecule has 1 amide bonds. The lowest BCUT2D eigenvalue weighted by atomic mass is 10.1. The molecular formula is C23H26N4O2S. The van der Waals surface area contributed by atoms with Crippen LogP contribution < -0.4 is 10.1 Å². The van der Waals surface area contributed by atoms with E-state index in [0.29, 0.717) is 24.1 Å². The van der Waals surface area contributed by atoms with Gasteiger partial charge in [-0.2, -0.15) is 0 Å². The van der Waals surface area contributed by atoms with Crippen LogP contribution in [0.5, 0.6) is 5.75 Å². The molecule has 0 fully saturated rings. The molecule has 3 rings (SSSR count). The number of amides is 1. The zero-order chi connectivity index (χ0) is 21.3. The van der Waals surface area contributed by atoms with E-state index in [4.69, 9.17) is 4.74 Å². The molecule has 30 heavy (non-hydrogen) atoms. The summed E-state index contributed by atoms with van der Waals surface area (Å²) in [5.74, 6) is 1.68. The van der Waals surface area contributed by atoms with E-state index in [0.717, 1.165) is 16.9 Å². The Labute approximate surface area is 181 Å². The number of nitrogens with one attached hydrogen (secondary N) is 1. The molecule has 1 heterocycles. The van der Waals surface area contributed by atoms with Crippen LogP contribution in [0.15, 0.2) is 72.4 Å². The van der Waals surface area contributed by atoms with Crippen LogP contribution in [0.3, 0.4) is 0 Å². The van der Waals surface area contributed by atoms with Crippen LogP contribution in [0.4, 0.5) is 0 Å². The molecule has 1 aromatic heterocycles. The first-order valence-corrected chi connectivity index (χ1v) is 10.7. The van der Waals surface area contributed by atoms with E-state index in [-0.39, 0.29) is 17.7 Å². The van der Waals surface area contributed by atoms with Crippen LogP contribution in [0, 0.1) is 6.92 Å². The Balaban J connectivity index is 1.58. The van der Waals surface area contributed by atoms with Crippen LogP contribution in [-0.2, 0) is 17.9 Å². The maximum Gasteiger partial charge on any atom is 0.230 e. The highest BCUT2D eigenvalue weighted by Gasteiger charge is 2.15. The molecule has 2 aromatic carbocycles. The number of carbonyl (C=O) groups excluding carboxylic acids is 1. The molecule has 1 atom stereocenters. The van der Waals surface area contributed by atoms with Crippen molar-refractivity contribution in [2.75, 3.05) is 5.75 Å². The summed E-state index contributed by atoms with van der Waals surface area (Å²) in [7, 11) is 0. The fourth-order valence-electron chi connectivity index (χ4n) is 2.94. The number of aromatic nitrogens is 3. The molecule has 156 valence electrons. The maximum atomic E-state index is 12.4. The van der Waals surface area contributed by atoms with Crippen molar-refractivity contribution in [3.05, 3.63) is 84.2 Å². The normalized spacial score (nSPS) is 11.7. The summed E-state index contributed by atoms with van der Waals surface area (Å²) in [4.78, 5) is 12.4. The van der Waals surface area contributed by atoms with Gasteiger partial charge in [-0.15, -0.1) is 16.8 Å². The molecule has 0 radical (unpaired) electrons. The fourth-order valence-corrected chi connectivity index (χ4v) is 3.71. The quantitative estimate of drug-likeness (QED) is 0.389. The van der Waals surface area contributed by atoms with Gasteiger partial charge in [0.25, 0.3) is 0 Å². The number of allylic oxidation sites excluding steroid dienone is 1. The minimum absolute atomic E-state index is 0.0522. The van der Waals surface area contributed by atoms with Gasteiger partial charge in [-0.25, -0.2) is 0 Å². The predicted octanol–water partition coefficient (Wildman–Crippen LogP) is 4.32. The van der Waals surface area contributed by atoms with Crippen molar-refractivity contribution in [1.82, 2.24) is 20.1 Å². The number of thioether (sulfide) groups is 1. The molecule has 0 unspecified atom stereocenters. The molecule has 1 N–H and O–H groups in total. The van der Waals surface area contributed by atoms with Gasteiger partial charge in [0.1, 0.15) is 12.4 Å². The molecule has 0 aliphatic rings. The van der Waals surface area contributed by atoms with Crippen molar-refractivity contribution in [3.63, 3.8) is 0 Å². The van der Waals surface area contributed by atoms with E-state index >= 15 is 0 Å². The molecular weight excluding hydrogens is 396 g/mol. The first-order chi connectivity index (χ1) is 14.6. The number of ether oxygens (including phenoxy) is 1. The van der Waals surface area contributed by atoms with E-state index in [2.05, 4.69) is 22.1 Å². The van der Waals surface area contributed by atoms with Gasteiger partial charge in [0, 0.05) is 6.54 Å². The van der Waals surface area contributed by atoms with Crippen molar-refractivity contribution in [2.45, 2.75) is 38.2 Å². The van der Waals surface area contributed by atoms with E-state index in [9.17, 15) is 4.79 Å². The lowest BCUT2D eigenvalue weighted by Crippen LogP contribution is -2.28. The largest absolute Gasteiger partial charge is 0.486 e. The van der Waals surface area contributed by atoms with Gasteiger partial charge in [-0.3, -0.25) is 9.36 Å². The van der Waals surface area contributed by atoms with Gasteiger partial charge >= 0.3 is 0 Å². The Hall–Kier alpha value is -3.06. The summed E-state index contributed by atoms with van der Waals surface area (Å²) < 4.78 is 7.77. The van der Waals surface area contributed by atoms with Crippen molar-refractivity contribution in [1.29, 1.82) is 0 Å². The van der Waals surface area contributed by atoms with Gasteiger partial charge in [0.05, 0.1) is 11.8 Å². The second kappa shape index (κ2) is 10.6. The Bertz CT molecular complexity index is 988. The molecule has 7 heteroatoms. The lowest BCUT2D eigenvalue weighted by molar-refractivity contribution is -0.119. The minimum atomic E-state index is -0.0536. The van der Waals surface area contributed by atoms with Gasteiger partial charge in [0.2, 0.25) is 5.91 Å².